The summed E-state index contributed by atoms with van der Waals surface area (Å²) in [5, 5.41) is -0.0759. The number of hydrogen-bond donors (Lipinski definition) is 0. The average molecular weight is 444 g/mol. The van der Waals surface area contributed by atoms with Crippen LogP contribution in [0.15, 0.2) is 35.2 Å². The van der Waals surface area contributed by atoms with Crippen LogP contribution in [0, 0.1) is 5.82 Å². The van der Waals surface area contributed by atoms with E-state index in [1.807, 2.05) is 0 Å². The predicted molar refractivity (Wildman–Crippen MR) is 88.6 cm³/mol. The number of halogens is 5. The van der Waals surface area contributed by atoms with Gasteiger partial charge in [-0.3, -0.25) is 0 Å². The molecule has 9 heteroatoms. The van der Waals surface area contributed by atoms with Crippen molar-refractivity contribution < 1.29 is 26.3 Å². The quantitative estimate of drug-likeness (QED) is 0.573. The third kappa shape index (κ3) is 4.23. The van der Waals surface area contributed by atoms with Gasteiger partial charge in [-0.25, -0.2) is 21.6 Å². The zero-order chi connectivity index (χ0) is 18.1. The lowest BCUT2D eigenvalue weighted by molar-refractivity contribution is 0.147. The maximum absolute atomic E-state index is 13.5. The van der Waals surface area contributed by atoms with Crippen molar-refractivity contribution in [2.45, 2.75) is 16.7 Å². The largest absolute Gasteiger partial charge is 0.457 e. The van der Waals surface area contributed by atoms with Gasteiger partial charge >= 0.3 is 0 Å². The van der Waals surface area contributed by atoms with Crippen molar-refractivity contribution in [2.75, 3.05) is 6.26 Å². The minimum atomic E-state index is -3.70. The second-order valence-electron chi connectivity index (χ2n) is 4.87. The van der Waals surface area contributed by atoms with E-state index in [2.05, 4.69) is 15.9 Å². The van der Waals surface area contributed by atoms with Gasteiger partial charge in [-0.15, -0.1) is 0 Å². The summed E-state index contributed by atoms with van der Waals surface area (Å²) in [5.41, 5.74) is -0.678. The van der Waals surface area contributed by atoms with Crippen molar-refractivity contribution in [3.63, 3.8) is 0 Å². The molecule has 130 valence electrons. The maximum atomic E-state index is 13.5. The lowest BCUT2D eigenvalue weighted by Crippen LogP contribution is -2.06. The summed E-state index contributed by atoms with van der Waals surface area (Å²) in [6.07, 6.45) is -2.06. The number of ether oxygens (including phenoxy) is 1. The standard InChI is InChI=1S/C15H11BrClF3O3S/c1-24(21,22)13-3-2-12(14(15(19)20)11(13)7-16)23-10-5-8(17)4-9(18)6-10/h2-6,15H,7H2,1H3. The van der Waals surface area contributed by atoms with E-state index >= 15 is 0 Å². The molecule has 0 amide bonds. The topological polar surface area (TPSA) is 43.4 Å². The van der Waals surface area contributed by atoms with Crippen molar-refractivity contribution in [3.8, 4) is 11.5 Å². The Kier molecular flexibility index (Phi) is 5.83. The van der Waals surface area contributed by atoms with Crippen molar-refractivity contribution >= 4 is 37.4 Å². The molecule has 3 nitrogen and oxygen atoms in total. The number of sulfone groups is 1. The van der Waals surface area contributed by atoms with Gasteiger partial charge in [0.2, 0.25) is 0 Å². The average Bonchev–Trinajstić information content (AvgIpc) is 2.43. The van der Waals surface area contributed by atoms with Gasteiger partial charge in [-0.05, 0) is 29.8 Å². The predicted octanol–water partition coefficient (Wildman–Crippen LogP) is 5.51. The molecular weight excluding hydrogens is 433 g/mol. The second kappa shape index (κ2) is 7.33. The van der Waals surface area contributed by atoms with Crippen LogP contribution in [-0.2, 0) is 15.2 Å². The molecule has 0 aromatic heterocycles. The molecule has 2 aromatic rings. The van der Waals surface area contributed by atoms with E-state index in [9.17, 15) is 21.6 Å². The molecule has 2 aromatic carbocycles. The summed E-state index contributed by atoms with van der Waals surface area (Å²) >= 11 is 8.74. The van der Waals surface area contributed by atoms with Gasteiger partial charge in [-0.1, -0.05) is 27.5 Å². The van der Waals surface area contributed by atoms with Crippen LogP contribution < -0.4 is 4.74 Å². The lowest BCUT2D eigenvalue weighted by atomic mass is 10.1. The van der Waals surface area contributed by atoms with E-state index in [0.29, 0.717) is 0 Å². The molecule has 0 heterocycles. The van der Waals surface area contributed by atoms with Gasteiger partial charge in [0.25, 0.3) is 6.43 Å². The molecule has 0 spiro atoms. The first kappa shape index (κ1) is 19.1. The van der Waals surface area contributed by atoms with Crippen LogP contribution in [0.25, 0.3) is 0 Å². The molecule has 0 atom stereocenters. The molecule has 0 unspecified atom stereocenters. The molecule has 24 heavy (non-hydrogen) atoms. The van der Waals surface area contributed by atoms with E-state index in [1.54, 1.807) is 0 Å². The highest BCUT2D eigenvalue weighted by molar-refractivity contribution is 9.08. The Morgan fingerprint density at radius 1 is 1.25 bits per heavy atom. The van der Waals surface area contributed by atoms with Crippen LogP contribution in [0.4, 0.5) is 13.2 Å². The maximum Gasteiger partial charge on any atom is 0.267 e. The first-order valence-corrected chi connectivity index (χ1v) is 9.86. The highest BCUT2D eigenvalue weighted by Crippen LogP contribution is 2.39. The zero-order valence-electron chi connectivity index (χ0n) is 12.2. The summed E-state index contributed by atoms with van der Waals surface area (Å²) in [6.45, 7) is 0. The lowest BCUT2D eigenvalue weighted by Gasteiger charge is -2.17. The third-order valence-electron chi connectivity index (χ3n) is 3.09. The second-order valence-corrected chi connectivity index (χ2v) is 7.85. The van der Waals surface area contributed by atoms with Crippen LogP contribution in [0.5, 0.6) is 11.5 Å². The minimum absolute atomic E-state index is 0.0390. The number of hydrogen-bond acceptors (Lipinski definition) is 3. The van der Waals surface area contributed by atoms with Gasteiger partial charge in [-0.2, -0.15) is 0 Å². The molecule has 0 aliphatic rings. The van der Waals surface area contributed by atoms with Crippen molar-refractivity contribution in [2.24, 2.45) is 0 Å². The Morgan fingerprint density at radius 2 is 1.92 bits per heavy atom. The first-order valence-electron chi connectivity index (χ1n) is 6.47. The fourth-order valence-corrected chi connectivity index (χ4v) is 4.10. The molecule has 0 N–H and O–H groups in total. The molecular formula is C15H11BrClF3O3S. The zero-order valence-corrected chi connectivity index (χ0v) is 15.4. The Morgan fingerprint density at radius 3 is 2.42 bits per heavy atom. The van der Waals surface area contributed by atoms with Gasteiger partial charge < -0.3 is 4.74 Å². The summed E-state index contributed by atoms with van der Waals surface area (Å²) in [7, 11) is -3.70. The first-order chi connectivity index (χ1) is 11.1. The number of benzene rings is 2. The summed E-state index contributed by atoms with van der Waals surface area (Å²) < 4.78 is 69.2. The minimum Gasteiger partial charge on any atom is -0.457 e. The van der Waals surface area contributed by atoms with Gasteiger partial charge in [0.05, 0.1) is 10.5 Å². The Bertz CT molecular complexity index is 852. The van der Waals surface area contributed by atoms with Crippen molar-refractivity contribution in [1.29, 1.82) is 0 Å². The smallest absolute Gasteiger partial charge is 0.267 e. The van der Waals surface area contributed by atoms with Gasteiger partial charge in [0.15, 0.2) is 9.84 Å². The van der Waals surface area contributed by atoms with Crippen molar-refractivity contribution in [3.05, 3.63) is 52.3 Å². The van der Waals surface area contributed by atoms with Gasteiger partial charge in [0, 0.05) is 22.7 Å². The fourth-order valence-electron chi connectivity index (χ4n) is 2.15. The monoisotopic (exact) mass is 442 g/mol. The van der Waals surface area contributed by atoms with E-state index in [1.165, 1.54) is 12.1 Å². The summed E-state index contributed by atoms with van der Waals surface area (Å²) in [6, 6.07) is 5.58. The Hall–Kier alpha value is -1.25. The van der Waals surface area contributed by atoms with E-state index in [4.69, 9.17) is 16.3 Å². The number of rotatable bonds is 5. The highest BCUT2D eigenvalue weighted by Gasteiger charge is 2.25. The van der Waals surface area contributed by atoms with E-state index in [-0.39, 0.29) is 32.3 Å². The molecule has 0 saturated carbocycles. The van der Waals surface area contributed by atoms with Crippen LogP contribution in [-0.4, -0.2) is 14.7 Å². The number of alkyl halides is 3. The Labute approximate surface area is 150 Å². The van der Waals surface area contributed by atoms with Crippen LogP contribution in [0.1, 0.15) is 17.6 Å². The normalized spacial score (nSPS) is 11.8. The molecule has 0 fully saturated rings. The third-order valence-corrected chi connectivity index (χ3v) is 5.05. The van der Waals surface area contributed by atoms with E-state index in [0.717, 1.165) is 24.5 Å². The molecule has 0 saturated heterocycles. The van der Waals surface area contributed by atoms with Crippen LogP contribution >= 0.6 is 27.5 Å². The molecule has 2 rings (SSSR count). The SMILES string of the molecule is CS(=O)(=O)c1ccc(Oc2cc(F)cc(Cl)c2)c(C(F)F)c1CBr. The summed E-state index contributed by atoms with van der Waals surface area (Å²) in [4.78, 5) is -0.223. The summed E-state index contributed by atoms with van der Waals surface area (Å²) in [5.74, 6) is -1.03. The molecule has 0 radical (unpaired) electrons. The molecule has 0 aliphatic carbocycles. The van der Waals surface area contributed by atoms with Crippen LogP contribution in [0.2, 0.25) is 5.02 Å². The van der Waals surface area contributed by atoms with E-state index < -0.39 is 27.6 Å². The Balaban J connectivity index is 2.62. The van der Waals surface area contributed by atoms with Crippen molar-refractivity contribution in [1.82, 2.24) is 0 Å². The molecule has 0 bridgehead atoms. The fraction of sp³-hybridized carbons (Fsp3) is 0.200. The van der Waals surface area contributed by atoms with Crippen LogP contribution in [0.3, 0.4) is 0 Å². The van der Waals surface area contributed by atoms with Gasteiger partial charge in [0.1, 0.15) is 17.3 Å². The highest BCUT2D eigenvalue weighted by atomic mass is 79.9. The molecule has 0 aliphatic heterocycles.